The van der Waals surface area contributed by atoms with Crippen LogP contribution in [-0.2, 0) is 4.74 Å². The van der Waals surface area contributed by atoms with Gasteiger partial charge in [-0.3, -0.25) is 0 Å². The van der Waals surface area contributed by atoms with Crippen molar-refractivity contribution in [3.05, 3.63) is 43.0 Å². The van der Waals surface area contributed by atoms with E-state index in [1.165, 1.54) is 6.42 Å². The van der Waals surface area contributed by atoms with Gasteiger partial charge >= 0.3 is 0 Å². The molecule has 19 heavy (non-hydrogen) atoms. The van der Waals surface area contributed by atoms with Gasteiger partial charge in [-0.25, -0.2) is 4.98 Å². The first-order valence-corrected chi connectivity index (χ1v) is 6.84. The Balaban J connectivity index is 1.72. The molecule has 4 nitrogen and oxygen atoms in total. The van der Waals surface area contributed by atoms with E-state index in [1.807, 2.05) is 17.1 Å². The molecule has 0 saturated carbocycles. The second-order valence-corrected chi connectivity index (χ2v) is 4.90. The van der Waals surface area contributed by atoms with Crippen molar-refractivity contribution >= 4 is 5.69 Å². The molecule has 1 fully saturated rings. The lowest BCUT2D eigenvalue weighted by molar-refractivity contribution is 0.144. The summed E-state index contributed by atoms with van der Waals surface area (Å²) in [4.78, 5) is 4.08. The van der Waals surface area contributed by atoms with Crippen molar-refractivity contribution in [2.75, 3.05) is 18.5 Å². The Kier molecular flexibility index (Phi) is 3.79. The number of ether oxygens (including phenoxy) is 1. The minimum absolute atomic E-state index is 0.514. The molecule has 2 aromatic rings. The van der Waals surface area contributed by atoms with Crippen LogP contribution in [0.5, 0.6) is 0 Å². The summed E-state index contributed by atoms with van der Waals surface area (Å²) in [6, 6.07) is 8.95. The number of benzene rings is 1. The molecular weight excluding hydrogens is 238 g/mol. The number of imidazole rings is 1. The lowest BCUT2D eigenvalue weighted by Crippen LogP contribution is -2.19. The quantitative estimate of drug-likeness (QED) is 0.919. The van der Waals surface area contributed by atoms with E-state index in [1.54, 1.807) is 6.20 Å². The number of hydrogen-bond donors (Lipinski definition) is 1. The SMILES string of the molecule is c1cc(NC2CCCOCC2)cc(-n2ccnc2)c1. The summed E-state index contributed by atoms with van der Waals surface area (Å²) in [5.74, 6) is 0. The molecule has 1 aromatic carbocycles. The van der Waals surface area contributed by atoms with Gasteiger partial charge in [0.15, 0.2) is 0 Å². The van der Waals surface area contributed by atoms with Gasteiger partial charge in [-0.05, 0) is 37.5 Å². The van der Waals surface area contributed by atoms with Crippen LogP contribution in [0.1, 0.15) is 19.3 Å². The van der Waals surface area contributed by atoms with Gasteiger partial charge in [0.2, 0.25) is 0 Å². The van der Waals surface area contributed by atoms with Crippen molar-refractivity contribution in [3.8, 4) is 5.69 Å². The summed E-state index contributed by atoms with van der Waals surface area (Å²) >= 11 is 0. The predicted octanol–water partition coefficient (Wildman–Crippen LogP) is 2.85. The van der Waals surface area contributed by atoms with Crippen LogP contribution in [0.4, 0.5) is 5.69 Å². The molecule has 2 heterocycles. The van der Waals surface area contributed by atoms with Crippen molar-refractivity contribution < 1.29 is 4.74 Å². The first kappa shape index (κ1) is 12.2. The second-order valence-electron chi connectivity index (χ2n) is 4.90. The number of rotatable bonds is 3. The van der Waals surface area contributed by atoms with E-state index in [4.69, 9.17) is 4.74 Å². The molecule has 0 spiro atoms. The maximum atomic E-state index is 5.49. The molecule has 100 valence electrons. The highest BCUT2D eigenvalue weighted by molar-refractivity contribution is 5.51. The standard InChI is InChI=1S/C15H19N3O/c1-3-14(17-13-4-2-9-19-10-6-13)11-15(5-1)18-8-7-16-12-18/h1,3,5,7-8,11-13,17H,2,4,6,9-10H2. The van der Waals surface area contributed by atoms with Gasteiger partial charge in [0.25, 0.3) is 0 Å². The normalized spacial score (nSPS) is 19.9. The van der Waals surface area contributed by atoms with Gasteiger partial charge in [-0.15, -0.1) is 0 Å². The number of anilines is 1. The van der Waals surface area contributed by atoms with Gasteiger partial charge in [0, 0.05) is 43.0 Å². The lowest BCUT2D eigenvalue weighted by Gasteiger charge is -2.17. The molecule has 1 saturated heterocycles. The molecular formula is C15H19N3O. The van der Waals surface area contributed by atoms with Gasteiger partial charge < -0.3 is 14.6 Å². The van der Waals surface area contributed by atoms with Gasteiger partial charge in [-0.1, -0.05) is 6.07 Å². The fourth-order valence-electron chi connectivity index (χ4n) is 2.45. The summed E-state index contributed by atoms with van der Waals surface area (Å²) in [5, 5.41) is 3.61. The van der Waals surface area contributed by atoms with Crippen LogP contribution in [0.2, 0.25) is 0 Å². The average molecular weight is 257 g/mol. The summed E-state index contributed by atoms with van der Waals surface area (Å²) in [6.07, 6.45) is 8.96. The highest BCUT2D eigenvalue weighted by atomic mass is 16.5. The van der Waals surface area contributed by atoms with Crippen molar-refractivity contribution in [2.45, 2.75) is 25.3 Å². The molecule has 1 N–H and O–H groups in total. The topological polar surface area (TPSA) is 39.1 Å². The van der Waals surface area contributed by atoms with Gasteiger partial charge in [-0.2, -0.15) is 0 Å². The highest BCUT2D eigenvalue weighted by Crippen LogP contribution is 2.18. The molecule has 4 heteroatoms. The largest absolute Gasteiger partial charge is 0.382 e. The number of nitrogens with zero attached hydrogens (tertiary/aromatic N) is 2. The van der Waals surface area contributed by atoms with Crippen LogP contribution in [0.25, 0.3) is 5.69 Å². The fraction of sp³-hybridized carbons (Fsp3) is 0.400. The summed E-state index contributed by atoms with van der Waals surface area (Å²) < 4.78 is 7.51. The molecule has 1 aliphatic heterocycles. The maximum Gasteiger partial charge on any atom is 0.0991 e. The highest BCUT2D eigenvalue weighted by Gasteiger charge is 2.12. The Morgan fingerprint density at radius 3 is 3.16 bits per heavy atom. The van der Waals surface area contributed by atoms with E-state index < -0.39 is 0 Å². The van der Waals surface area contributed by atoms with E-state index in [0.717, 1.165) is 37.4 Å². The third-order valence-corrected chi connectivity index (χ3v) is 3.47. The Morgan fingerprint density at radius 2 is 2.26 bits per heavy atom. The maximum absolute atomic E-state index is 5.49. The number of hydrogen-bond acceptors (Lipinski definition) is 3. The van der Waals surface area contributed by atoms with E-state index in [9.17, 15) is 0 Å². The van der Waals surface area contributed by atoms with E-state index >= 15 is 0 Å². The average Bonchev–Trinajstić information content (AvgIpc) is 2.86. The molecule has 1 unspecified atom stereocenters. The monoisotopic (exact) mass is 257 g/mol. The Hall–Kier alpha value is -1.81. The Bertz CT molecular complexity index is 502. The Labute approximate surface area is 113 Å². The van der Waals surface area contributed by atoms with Crippen molar-refractivity contribution in [1.29, 1.82) is 0 Å². The smallest absolute Gasteiger partial charge is 0.0991 e. The van der Waals surface area contributed by atoms with E-state index in [0.29, 0.717) is 6.04 Å². The predicted molar refractivity (Wildman–Crippen MR) is 75.6 cm³/mol. The third-order valence-electron chi connectivity index (χ3n) is 3.47. The first-order chi connectivity index (χ1) is 9.42. The molecule has 0 amide bonds. The van der Waals surface area contributed by atoms with Gasteiger partial charge in [0.1, 0.15) is 0 Å². The molecule has 0 radical (unpaired) electrons. The number of aromatic nitrogens is 2. The zero-order valence-corrected chi connectivity index (χ0v) is 11.0. The first-order valence-electron chi connectivity index (χ1n) is 6.84. The molecule has 1 aliphatic rings. The van der Waals surface area contributed by atoms with Crippen LogP contribution in [0.3, 0.4) is 0 Å². The fourth-order valence-corrected chi connectivity index (χ4v) is 2.45. The molecule has 1 atom stereocenters. The molecule has 3 rings (SSSR count). The van der Waals surface area contributed by atoms with Crippen molar-refractivity contribution in [3.63, 3.8) is 0 Å². The summed E-state index contributed by atoms with van der Waals surface area (Å²) in [6.45, 7) is 1.76. The zero-order chi connectivity index (χ0) is 12.9. The van der Waals surface area contributed by atoms with Crippen LogP contribution in [0, 0.1) is 0 Å². The minimum atomic E-state index is 0.514. The summed E-state index contributed by atoms with van der Waals surface area (Å²) in [5.41, 5.74) is 2.30. The Morgan fingerprint density at radius 1 is 1.26 bits per heavy atom. The number of nitrogens with one attached hydrogen (secondary N) is 1. The van der Waals surface area contributed by atoms with Crippen LogP contribution >= 0.6 is 0 Å². The zero-order valence-electron chi connectivity index (χ0n) is 11.0. The van der Waals surface area contributed by atoms with Gasteiger partial charge in [0.05, 0.1) is 6.33 Å². The molecule has 0 aliphatic carbocycles. The van der Waals surface area contributed by atoms with Crippen molar-refractivity contribution in [1.82, 2.24) is 9.55 Å². The van der Waals surface area contributed by atoms with Crippen molar-refractivity contribution in [2.24, 2.45) is 0 Å². The molecule has 0 bridgehead atoms. The van der Waals surface area contributed by atoms with Crippen LogP contribution < -0.4 is 5.32 Å². The van der Waals surface area contributed by atoms with E-state index in [2.05, 4.69) is 34.6 Å². The summed E-state index contributed by atoms with van der Waals surface area (Å²) in [7, 11) is 0. The molecule has 1 aromatic heterocycles. The minimum Gasteiger partial charge on any atom is -0.382 e. The lowest BCUT2D eigenvalue weighted by atomic mass is 10.1. The second kappa shape index (κ2) is 5.89. The van der Waals surface area contributed by atoms with E-state index in [-0.39, 0.29) is 0 Å². The van der Waals surface area contributed by atoms with Crippen LogP contribution in [-0.4, -0.2) is 28.8 Å². The third kappa shape index (κ3) is 3.15. The van der Waals surface area contributed by atoms with Crippen LogP contribution in [0.15, 0.2) is 43.0 Å².